The van der Waals surface area contributed by atoms with Crippen molar-refractivity contribution in [3.8, 4) is 0 Å². The minimum absolute atomic E-state index is 0.381. The fourth-order valence-electron chi connectivity index (χ4n) is 1.58. The van der Waals surface area contributed by atoms with E-state index in [1.807, 2.05) is 0 Å². The van der Waals surface area contributed by atoms with Crippen LogP contribution < -0.4 is 0 Å². The van der Waals surface area contributed by atoms with Crippen molar-refractivity contribution in [2.45, 2.75) is 12.0 Å². The standard InChI is InChI=1S/C9H11IN2O2/c1-13-9(2-3-14-6-9)7-4-11-5-8(10)12-7/h4-5H,2-3,6H2,1H3/t9-/m1/s1. The third-order valence-electron chi connectivity index (χ3n) is 2.45. The molecule has 0 amide bonds. The summed E-state index contributed by atoms with van der Waals surface area (Å²) >= 11 is 2.14. The average molecular weight is 306 g/mol. The third-order valence-corrected chi connectivity index (χ3v) is 2.97. The lowest BCUT2D eigenvalue weighted by Crippen LogP contribution is -2.30. The lowest BCUT2D eigenvalue weighted by atomic mass is 9.99. The zero-order chi connectivity index (χ0) is 10.0. The normalized spacial score (nSPS) is 26.7. The number of nitrogens with zero attached hydrogens (tertiary/aromatic N) is 2. The van der Waals surface area contributed by atoms with Gasteiger partial charge in [-0.2, -0.15) is 0 Å². The van der Waals surface area contributed by atoms with Gasteiger partial charge in [-0.25, -0.2) is 4.98 Å². The maximum atomic E-state index is 5.51. The van der Waals surface area contributed by atoms with Crippen LogP contribution in [-0.2, 0) is 15.1 Å². The Balaban J connectivity index is 2.35. The minimum atomic E-state index is -0.381. The topological polar surface area (TPSA) is 44.2 Å². The Morgan fingerprint density at radius 3 is 3.00 bits per heavy atom. The van der Waals surface area contributed by atoms with Crippen LogP contribution in [0.4, 0.5) is 0 Å². The Bertz CT molecular complexity index is 326. The number of aromatic nitrogens is 2. The van der Waals surface area contributed by atoms with Gasteiger partial charge in [0.05, 0.1) is 24.7 Å². The van der Waals surface area contributed by atoms with Gasteiger partial charge in [-0.3, -0.25) is 4.98 Å². The highest BCUT2D eigenvalue weighted by Crippen LogP contribution is 2.32. The summed E-state index contributed by atoms with van der Waals surface area (Å²) in [6.45, 7) is 1.29. The molecule has 0 radical (unpaired) electrons. The first-order chi connectivity index (χ1) is 6.77. The average Bonchev–Trinajstić information content (AvgIpc) is 2.67. The Morgan fingerprint density at radius 1 is 1.57 bits per heavy atom. The molecule has 2 rings (SSSR count). The highest BCUT2D eigenvalue weighted by atomic mass is 127. The van der Waals surface area contributed by atoms with Crippen molar-refractivity contribution in [3.63, 3.8) is 0 Å². The predicted molar refractivity (Wildman–Crippen MR) is 58.9 cm³/mol. The fraction of sp³-hybridized carbons (Fsp3) is 0.556. The molecule has 1 fully saturated rings. The largest absolute Gasteiger partial charge is 0.378 e. The fourth-order valence-corrected chi connectivity index (χ4v) is 2.00. The number of halogens is 1. The Morgan fingerprint density at radius 2 is 2.43 bits per heavy atom. The minimum Gasteiger partial charge on any atom is -0.378 e. The number of rotatable bonds is 2. The van der Waals surface area contributed by atoms with E-state index in [1.165, 1.54) is 0 Å². The number of hydrogen-bond donors (Lipinski definition) is 0. The van der Waals surface area contributed by atoms with Gasteiger partial charge in [0.15, 0.2) is 0 Å². The molecule has 76 valence electrons. The van der Waals surface area contributed by atoms with E-state index in [9.17, 15) is 0 Å². The second-order valence-electron chi connectivity index (χ2n) is 3.23. The summed E-state index contributed by atoms with van der Waals surface area (Å²) < 4.78 is 11.7. The predicted octanol–water partition coefficient (Wildman–Crippen LogP) is 1.34. The van der Waals surface area contributed by atoms with Crippen LogP contribution >= 0.6 is 22.6 Å². The molecule has 2 heterocycles. The molecular weight excluding hydrogens is 295 g/mol. The summed E-state index contributed by atoms with van der Waals surface area (Å²) in [5.74, 6) is 0. The van der Waals surface area contributed by atoms with E-state index in [0.717, 1.165) is 22.4 Å². The van der Waals surface area contributed by atoms with Crippen LogP contribution in [-0.4, -0.2) is 30.3 Å². The molecule has 0 unspecified atom stereocenters. The van der Waals surface area contributed by atoms with E-state index >= 15 is 0 Å². The Kier molecular flexibility index (Phi) is 2.99. The molecule has 0 aromatic carbocycles. The first-order valence-electron chi connectivity index (χ1n) is 4.38. The molecule has 0 spiro atoms. The van der Waals surface area contributed by atoms with Crippen LogP contribution in [0.15, 0.2) is 12.4 Å². The molecule has 0 saturated carbocycles. The van der Waals surface area contributed by atoms with Crippen molar-refractivity contribution in [2.24, 2.45) is 0 Å². The summed E-state index contributed by atoms with van der Waals surface area (Å²) in [4.78, 5) is 8.53. The molecule has 5 heteroatoms. The Labute approximate surface area is 96.2 Å². The molecule has 0 N–H and O–H groups in total. The van der Waals surface area contributed by atoms with Crippen LogP contribution in [0.25, 0.3) is 0 Å². The van der Waals surface area contributed by atoms with Crippen molar-refractivity contribution in [3.05, 3.63) is 21.8 Å². The second-order valence-corrected chi connectivity index (χ2v) is 4.33. The van der Waals surface area contributed by atoms with E-state index in [1.54, 1.807) is 19.5 Å². The van der Waals surface area contributed by atoms with Gasteiger partial charge in [0.25, 0.3) is 0 Å². The number of hydrogen-bond acceptors (Lipinski definition) is 4. The van der Waals surface area contributed by atoms with E-state index in [-0.39, 0.29) is 5.60 Å². The van der Waals surface area contributed by atoms with Gasteiger partial charge in [0.1, 0.15) is 9.30 Å². The van der Waals surface area contributed by atoms with Crippen molar-refractivity contribution >= 4 is 22.6 Å². The van der Waals surface area contributed by atoms with E-state index in [0.29, 0.717) is 6.61 Å². The first kappa shape index (κ1) is 10.3. The summed E-state index contributed by atoms with van der Waals surface area (Å²) in [5.41, 5.74) is 0.484. The quantitative estimate of drug-likeness (QED) is 0.774. The molecule has 1 aromatic heterocycles. The zero-order valence-corrected chi connectivity index (χ0v) is 10.0. The van der Waals surface area contributed by atoms with Crippen molar-refractivity contribution < 1.29 is 9.47 Å². The van der Waals surface area contributed by atoms with Gasteiger partial charge in [-0.1, -0.05) is 0 Å². The monoisotopic (exact) mass is 306 g/mol. The molecule has 0 aliphatic carbocycles. The molecule has 1 saturated heterocycles. The van der Waals surface area contributed by atoms with Gasteiger partial charge in [0, 0.05) is 20.1 Å². The number of methoxy groups -OCH3 is 1. The van der Waals surface area contributed by atoms with Crippen LogP contribution in [0.3, 0.4) is 0 Å². The summed E-state index contributed by atoms with van der Waals surface area (Å²) in [7, 11) is 1.69. The van der Waals surface area contributed by atoms with Crippen LogP contribution in [0.5, 0.6) is 0 Å². The van der Waals surface area contributed by atoms with Gasteiger partial charge in [-0.15, -0.1) is 0 Å². The van der Waals surface area contributed by atoms with Crippen LogP contribution in [0.1, 0.15) is 12.1 Å². The molecule has 1 aliphatic heterocycles. The van der Waals surface area contributed by atoms with Gasteiger partial charge < -0.3 is 9.47 Å². The molecule has 4 nitrogen and oxygen atoms in total. The number of ether oxygens (including phenoxy) is 2. The summed E-state index contributed by atoms with van der Waals surface area (Å²) in [5, 5.41) is 0. The second kappa shape index (κ2) is 4.08. The Hall–Kier alpha value is -0.270. The molecule has 14 heavy (non-hydrogen) atoms. The highest BCUT2D eigenvalue weighted by Gasteiger charge is 2.38. The summed E-state index contributed by atoms with van der Waals surface area (Å²) in [6, 6.07) is 0. The maximum Gasteiger partial charge on any atom is 0.136 e. The van der Waals surface area contributed by atoms with E-state index < -0.39 is 0 Å². The molecule has 1 atom stereocenters. The van der Waals surface area contributed by atoms with Crippen molar-refractivity contribution in [2.75, 3.05) is 20.3 Å². The maximum absolute atomic E-state index is 5.51. The van der Waals surface area contributed by atoms with Gasteiger partial charge >= 0.3 is 0 Å². The van der Waals surface area contributed by atoms with Crippen LogP contribution in [0.2, 0.25) is 0 Å². The molecular formula is C9H11IN2O2. The molecule has 0 bridgehead atoms. The smallest absolute Gasteiger partial charge is 0.136 e. The third kappa shape index (κ3) is 1.76. The van der Waals surface area contributed by atoms with Crippen molar-refractivity contribution in [1.82, 2.24) is 9.97 Å². The molecule has 1 aromatic rings. The first-order valence-corrected chi connectivity index (χ1v) is 5.46. The van der Waals surface area contributed by atoms with Gasteiger partial charge in [-0.05, 0) is 22.6 Å². The van der Waals surface area contributed by atoms with Crippen LogP contribution in [0, 0.1) is 3.70 Å². The van der Waals surface area contributed by atoms with E-state index in [4.69, 9.17) is 9.47 Å². The SMILES string of the molecule is CO[C@]1(c2cncc(I)n2)CCOC1. The summed E-state index contributed by atoms with van der Waals surface area (Å²) in [6.07, 6.45) is 4.32. The van der Waals surface area contributed by atoms with Crippen molar-refractivity contribution in [1.29, 1.82) is 0 Å². The lowest BCUT2D eigenvalue weighted by Gasteiger charge is -2.24. The highest BCUT2D eigenvalue weighted by molar-refractivity contribution is 14.1. The molecule has 1 aliphatic rings. The van der Waals surface area contributed by atoms with Gasteiger partial charge in [0.2, 0.25) is 0 Å². The lowest BCUT2D eigenvalue weighted by molar-refractivity contribution is -0.0250. The van der Waals surface area contributed by atoms with E-state index in [2.05, 4.69) is 32.6 Å². The zero-order valence-electron chi connectivity index (χ0n) is 7.86.